The van der Waals surface area contributed by atoms with E-state index < -0.39 is 49.4 Å². The minimum Gasteiger partial charge on any atom is -0.413 e. The highest BCUT2D eigenvalue weighted by Crippen LogP contribution is 2.91. The summed E-state index contributed by atoms with van der Waals surface area (Å²) in [5.74, 6) is 2.16. The number of ketones is 2. The van der Waals surface area contributed by atoms with Crippen LogP contribution in [0.5, 0.6) is 0 Å². The average molecular weight is 1260 g/mol. The van der Waals surface area contributed by atoms with E-state index in [1.54, 1.807) is 11.1 Å². The quantitative estimate of drug-likeness (QED) is 0.143. The molecule has 0 amide bonds. The highest BCUT2D eigenvalue weighted by Gasteiger charge is 2.87. The van der Waals surface area contributed by atoms with Crippen LogP contribution in [0, 0.1) is 55.2 Å². The third-order valence-corrected chi connectivity index (χ3v) is 56.1. The molecule has 0 N–H and O–H groups in total. The zero-order valence-corrected chi connectivity index (χ0v) is 66.2. The van der Waals surface area contributed by atoms with Gasteiger partial charge in [0.05, 0.1) is 40.6 Å². The molecule has 0 aromatic rings. The van der Waals surface area contributed by atoms with Gasteiger partial charge in [0.2, 0.25) is 0 Å². The summed E-state index contributed by atoms with van der Waals surface area (Å²) >= 11 is 0. The first-order valence-electron chi connectivity index (χ1n) is 35.5. The molecule has 480 valence electrons. The van der Waals surface area contributed by atoms with Crippen molar-refractivity contribution in [2.75, 3.05) is 0 Å². The molecule has 0 aliphatic heterocycles. The van der Waals surface area contributed by atoms with Crippen molar-refractivity contribution < 1.29 is 27.3 Å². The van der Waals surface area contributed by atoms with Crippen molar-refractivity contribution >= 4 is 61.0 Å². The van der Waals surface area contributed by atoms with Crippen LogP contribution in [0.1, 0.15) is 215 Å². The number of carbonyl (C=O) groups excluding carboxylic acids is 2. The second-order valence-electron chi connectivity index (χ2n) is 37.9. The third kappa shape index (κ3) is 8.88. The Morgan fingerprint density at radius 1 is 0.417 bits per heavy atom. The minimum atomic E-state index is -1.89. The van der Waals surface area contributed by atoms with Crippen LogP contribution in [0.3, 0.4) is 0 Å². The maximum atomic E-state index is 14.3. The summed E-state index contributed by atoms with van der Waals surface area (Å²) in [4.78, 5) is 28.5. The minimum absolute atomic E-state index is 0.0134. The topological polar surface area (TPSA) is 71.1 Å². The summed E-state index contributed by atoms with van der Waals surface area (Å²) in [5, 5.41) is 0.305. The van der Waals surface area contributed by atoms with Gasteiger partial charge in [0.1, 0.15) is 0 Å². The molecule has 8 saturated carbocycles. The number of hydrogen-bond donors (Lipinski definition) is 0. The average Bonchev–Trinajstić information content (AvgIpc) is 1.46. The fraction of sp³-hybridized carbons (Fsp3) is 0.917. The van der Waals surface area contributed by atoms with Gasteiger partial charge < -0.3 is 17.7 Å². The Labute approximate surface area is 524 Å². The molecular weight excluding hydrogens is 1130 g/mol. The van der Waals surface area contributed by atoms with E-state index >= 15 is 0 Å². The lowest BCUT2D eigenvalue weighted by Crippen LogP contribution is -2.62. The van der Waals surface area contributed by atoms with Gasteiger partial charge >= 0.3 is 0 Å². The molecule has 0 aromatic heterocycles. The van der Waals surface area contributed by atoms with E-state index in [0.717, 1.165) is 38.5 Å². The molecular formula is C72H132O6Si6. The van der Waals surface area contributed by atoms with Gasteiger partial charge in [0, 0.05) is 31.7 Å². The number of rotatable bonds is 16. The van der Waals surface area contributed by atoms with Gasteiger partial charge in [-0.15, -0.1) is 0 Å². The van der Waals surface area contributed by atoms with Gasteiger partial charge in [-0.3, -0.25) is 9.59 Å². The fourth-order valence-electron chi connectivity index (χ4n) is 23.3. The molecule has 10 aliphatic rings. The number of fused-ring (bicyclic) bond motifs is 6. The maximum absolute atomic E-state index is 14.3. The van der Waals surface area contributed by atoms with E-state index in [0.29, 0.717) is 35.6 Å². The molecule has 0 aromatic carbocycles. The Hall–Kier alpha value is -0.0387. The molecule has 10 aliphatic carbocycles. The van der Waals surface area contributed by atoms with E-state index in [2.05, 4.69) is 202 Å². The first-order chi connectivity index (χ1) is 38.2. The highest BCUT2D eigenvalue weighted by molar-refractivity contribution is 6.85. The van der Waals surface area contributed by atoms with Crippen molar-refractivity contribution in [3.05, 3.63) is 23.3 Å². The van der Waals surface area contributed by atoms with Gasteiger partial charge in [-0.2, -0.15) is 0 Å². The number of carbonyl (C=O) groups is 2. The van der Waals surface area contributed by atoms with Crippen molar-refractivity contribution in [2.45, 2.75) is 361 Å². The van der Waals surface area contributed by atoms with Gasteiger partial charge in [0.15, 0.2) is 44.8 Å². The SMILES string of the molecule is CC[Si](CC)(CC)O[C@H]1CC[C@]23C[C@@]2([Si](C)(C)C)C(=O)C=C3[C@@]12CC[C@@H]1C(C)(C)[C@H](O[Si](C)(C)C(C)(C)C)CC[C@]12C.CC[Si](CC)(CC)O[C@H]1CC[C@]23C[C@@]2([Si](C)(C)C)C(=O)C=C3[C@@]12CC[C@@H]1C(C)(C)[C@H](O[Si](C)(C)C(C)(C)C)CC[C@]12C. The summed E-state index contributed by atoms with van der Waals surface area (Å²) in [7, 11) is -10.9. The van der Waals surface area contributed by atoms with Crippen LogP contribution in [0.15, 0.2) is 23.3 Å². The second kappa shape index (κ2) is 20.7. The van der Waals surface area contributed by atoms with Crippen LogP contribution in [-0.2, 0) is 27.3 Å². The monoisotopic (exact) mass is 1260 g/mol. The molecule has 10 rings (SSSR count). The summed E-state index contributed by atoms with van der Waals surface area (Å²) < 4.78 is 30.0. The van der Waals surface area contributed by atoms with E-state index in [9.17, 15) is 9.59 Å². The van der Waals surface area contributed by atoms with E-state index in [1.807, 2.05) is 0 Å². The van der Waals surface area contributed by atoms with Crippen molar-refractivity contribution in [3.8, 4) is 0 Å². The van der Waals surface area contributed by atoms with Crippen molar-refractivity contribution in [2.24, 2.45) is 55.2 Å². The summed E-state index contributed by atoms with van der Waals surface area (Å²) in [5.41, 5.74) is 3.85. The van der Waals surface area contributed by atoms with Crippen LogP contribution in [0.4, 0.5) is 0 Å². The van der Waals surface area contributed by atoms with Gasteiger partial charge in [0.25, 0.3) is 0 Å². The molecule has 12 heteroatoms. The standard InChI is InChI=1S/2C36H66O3Si3/c2*1-15-42(16-2,17-3)39-30-20-22-34-25-36(34,40(10,11)12)28(37)24-27(34)35(30)23-18-26-32(7,8)29(19-21-33(26,35)9)38-41(13,14)31(4,5)6/h2*24,26,29-30H,15-23,25H2,1-14H3/t2*26-,29-,30+,33-,34-,35+,36-/m11/s1. The van der Waals surface area contributed by atoms with Crippen LogP contribution < -0.4 is 0 Å². The first-order valence-corrected chi connectivity index (χ1v) is 53.4. The molecule has 0 heterocycles. The molecule has 0 saturated heterocycles. The van der Waals surface area contributed by atoms with Crippen LogP contribution in [0.2, 0.25) is 122 Å². The predicted octanol–water partition coefficient (Wildman–Crippen LogP) is 21.5. The van der Waals surface area contributed by atoms with Crippen molar-refractivity contribution in [3.63, 3.8) is 0 Å². The van der Waals surface area contributed by atoms with Crippen molar-refractivity contribution in [1.29, 1.82) is 0 Å². The molecule has 14 atom stereocenters. The Morgan fingerprint density at radius 3 is 0.952 bits per heavy atom. The molecule has 6 nitrogen and oxygen atoms in total. The number of allylic oxidation sites excluding steroid dienone is 2. The first kappa shape index (κ1) is 68.3. The third-order valence-electron chi connectivity index (χ3n) is 30.9. The highest BCUT2D eigenvalue weighted by atomic mass is 28.4. The zero-order chi connectivity index (χ0) is 63.2. The zero-order valence-electron chi connectivity index (χ0n) is 60.2. The van der Waals surface area contributed by atoms with E-state index in [4.69, 9.17) is 17.7 Å². The Balaban J connectivity index is 0.000000202. The van der Waals surface area contributed by atoms with Crippen molar-refractivity contribution in [1.82, 2.24) is 0 Å². The van der Waals surface area contributed by atoms with Gasteiger partial charge in [-0.25, -0.2) is 0 Å². The summed E-state index contributed by atoms with van der Waals surface area (Å²) in [6, 6.07) is 7.18. The molecule has 4 spiro atoms. The van der Waals surface area contributed by atoms with Crippen LogP contribution in [0.25, 0.3) is 0 Å². The normalized spacial score (nSPS) is 41.4. The second-order valence-corrected chi connectivity index (χ2v) is 67.5. The van der Waals surface area contributed by atoms with Gasteiger partial charge in [-0.05, 0) is 208 Å². The Kier molecular flexibility index (Phi) is 16.9. The molecule has 8 fully saturated rings. The lowest BCUT2D eigenvalue weighted by molar-refractivity contribution is -0.136. The van der Waals surface area contributed by atoms with Gasteiger partial charge in [-0.1, -0.05) is 175 Å². The molecule has 0 bridgehead atoms. The van der Waals surface area contributed by atoms with Crippen LogP contribution in [-0.4, -0.2) is 85.4 Å². The molecule has 0 unspecified atom stereocenters. The number of hydrogen-bond acceptors (Lipinski definition) is 6. The lowest BCUT2D eigenvalue weighted by Gasteiger charge is -2.63. The summed E-state index contributed by atoms with van der Waals surface area (Å²) in [6.07, 6.45) is 22.1. The van der Waals surface area contributed by atoms with E-state index in [-0.39, 0.29) is 75.7 Å². The largest absolute Gasteiger partial charge is 0.413 e. The molecule has 0 radical (unpaired) electrons. The predicted molar refractivity (Wildman–Crippen MR) is 372 cm³/mol. The van der Waals surface area contributed by atoms with E-state index in [1.165, 1.54) is 87.6 Å². The molecule has 84 heavy (non-hydrogen) atoms. The Bertz CT molecular complexity index is 2440. The van der Waals surface area contributed by atoms with Crippen LogP contribution >= 0.6 is 0 Å². The lowest BCUT2D eigenvalue weighted by atomic mass is 9.45. The maximum Gasteiger partial charge on any atom is 0.192 e. The summed E-state index contributed by atoms with van der Waals surface area (Å²) in [6.45, 7) is 68.7. The smallest absolute Gasteiger partial charge is 0.192 e. The fourth-order valence-corrected chi connectivity index (χ4v) is 38.8. The Morgan fingerprint density at radius 2 is 0.702 bits per heavy atom.